The molecular weight excluding hydrogens is 254 g/mol. The molecule has 1 aliphatic heterocycles. The first-order valence-corrected chi connectivity index (χ1v) is 7.04. The maximum absolute atomic E-state index is 12.0. The minimum Gasteiger partial charge on any atom is -0.339 e. The fourth-order valence-electron chi connectivity index (χ4n) is 2.90. The predicted octanol–water partition coefficient (Wildman–Crippen LogP) is 2.95. The van der Waals surface area contributed by atoms with Crippen molar-refractivity contribution >= 4 is 21.8 Å². The molecule has 15 heavy (non-hydrogen) atoms. The fourth-order valence-corrected chi connectivity index (χ4v) is 3.49. The summed E-state index contributed by atoms with van der Waals surface area (Å²) in [4.78, 5) is 14.2. The normalized spacial score (nSPS) is 38.1. The van der Waals surface area contributed by atoms with Gasteiger partial charge >= 0.3 is 0 Å². The summed E-state index contributed by atoms with van der Waals surface area (Å²) < 4.78 is 0. The van der Waals surface area contributed by atoms with Crippen molar-refractivity contribution in [1.82, 2.24) is 4.90 Å². The zero-order valence-electron chi connectivity index (χ0n) is 9.42. The SMILES string of the molecule is CC1CCCC(N2CCCC(Br)C2=O)C1. The number of carbonyl (C=O) groups is 1. The van der Waals surface area contributed by atoms with Crippen molar-refractivity contribution in [2.24, 2.45) is 5.92 Å². The number of halogens is 1. The van der Waals surface area contributed by atoms with E-state index >= 15 is 0 Å². The van der Waals surface area contributed by atoms with Gasteiger partial charge in [0, 0.05) is 12.6 Å². The van der Waals surface area contributed by atoms with Crippen molar-refractivity contribution in [3.05, 3.63) is 0 Å². The largest absolute Gasteiger partial charge is 0.339 e. The van der Waals surface area contributed by atoms with E-state index in [1.165, 1.54) is 25.7 Å². The number of carbonyl (C=O) groups excluding carboxylic acids is 1. The fraction of sp³-hybridized carbons (Fsp3) is 0.917. The van der Waals surface area contributed by atoms with Crippen LogP contribution in [0.4, 0.5) is 0 Å². The summed E-state index contributed by atoms with van der Waals surface area (Å²) in [6.45, 7) is 3.30. The van der Waals surface area contributed by atoms with E-state index in [1.807, 2.05) is 0 Å². The lowest BCUT2D eigenvalue weighted by Gasteiger charge is -2.40. The summed E-state index contributed by atoms with van der Waals surface area (Å²) in [7, 11) is 0. The summed E-state index contributed by atoms with van der Waals surface area (Å²) in [6.07, 6.45) is 7.24. The van der Waals surface area contributed by atoms with Gasteiger partial charge in [0.1, 0.15) is 0 Å². The van der Waals surface area contributed by atoms with Gasteiger partial charge in [0.15, 0.2) is 0 Å². The van der Waals surface area contributed by atoms with Gasteiger partial charge in [-0.3, -0.25) is 4.79 Å². The van der Waals surface area contributed by atoms with Crippen LogP contribution in [0.5, 0.6) is 0 Å². The lowest BCUT2D eigenvalue weighted by atomic mass is 9.85. The van der Waals surface area contributed by atoms with Gasteiger partial charge in [-0.25, -0.2) is 0 Å². The first-order valence-electron chi connectivity index (χ1n) is 6.13. The molecule has 3 atom stereocenters. The lowest BCUT2D eigenvalue weighted by Crippen LogP contribution is -2.49. The first kappa shape index (κ1) is 11.4. The molecule has 1 amide bonds. The number of piperidine rings is 1. The second kappa shape index (κ2) is 4.86. The van der Waals surface area contributed by atoms with Crippen LogP contribution in [0.2, 0.25) is 0 Å². The highest BCUT2D eigenvalue weighted by atomic mass is 79.9. The number of alkyl halides is 1. The second-order valence-corrected chi connectivity index (χ2v) is 6.17. The van der Waals surface area contributed by atoms with Gasteiger partial charge in [-0.2, -0.15) is 0 Å². The number of likely N-dealkylation sites (tertiary alicyclic amines) is 1. The Kier molecular flexibility index (Phi) is 3.70. The van der Waals surface area contributed by atoms with Crippen molar-refractivity contribution in [2.75, 3.05) is 6.54 Å². The Hall–Kier alpha value is -0.0500. The molecule has 0 aromatic rings. The molecule has 86 valence electrons. The van der Waals surface area contributed by atoms with Crippen LogP contribution in [0.15, 0.2) is 0 Å². The molecule has 0 spiro atoms. The summed E-state index contributed by atoms with van der Waals surface area (Å²) in [5.41, 5.74) is 0. The smallest absolute Gasteiger partial charge is 0.236 e. The van der Waals surface area contributed by atoms with Crippen molar-refractivity contribution in [2.45, 2.75) is 56.3 Å². The Morgan fingerprint density at radius 1 is 1.27 bits per heavy atom. The molecule has 1 heterocycles. The zero-order valence-corrected chi connectivity index (χ0v) is 11.0. The Bertz CT molecular complexity index is 244. The predicted molar refractivity (Wildman–Crippen MR) is 65.1 cm³/mol. The molecule has 1 saturated heterocycles. The molecule has 3 heteroatoms. The molecule has 3 unspecified atom stereocenters. The summed E-state index contributed by atoms with van der Waals surface area (Å²) >= 11 is 3.48. The van der Waals surface area contributed by atoms with Crippen LogP contribution in [0.1, 0.15) is 45.4 Å². The van der Waals surface area contributed by atoms with Crippen molar-refractivity contribution in [1.29, 1.82) is 0 Å². The van der Waals surface area contributed by atoms with Gasteiger partial charge in [0.05, 0.1) is 4.83 Å². The summed E-state index contributed by atoms with van der Waals surface area (Å²) in [6, 6.07) is 0.529. The van der Waals surface area contributed by atoms with E-state index in [1.54, 1.807) is 0 Å². The van der Waals surface area contributed by atoms with E-state index in [4.69, 9.17) is 0 Å². The highest BCUT2D eigenvalue weighted by Gasteiger charge is 2.33. The number of amides is 1. The van der Waals surface area contributed by atoms with Crippen molar-refractivity contribution in [3.63, 3.8) is 0 Å². The van der Waals surface area contributed by atoms with Gasteiger partial charge in [0.2, 0.25) is 5.91 Å². The maximum Gasteiger partial charge on any atom is 0.236 e. The topological polar surface area (TPSA) is 20.3 Å². The van der Waals surface area contributed by atoms with E-state index in [9.17, 15) is 4.79 Å². The number of nitrogens with zero attached hydrogens (tertiary/aromatic N) is 1. The monoisotopic (exact) mass is 273 g/mol. The van der Waals surface area contributed by atoms with Crippen LogP contribution in [-0.4, -0.2) is 28.2 Å². The zero-order chi connectivity index (χ0) is 10.8. The molecule has 1 aliphatic carbocycles. The Morgan fingerprint density at radius 2 is 2.07 bits per heavy atom. The standard InChI is InChI=1S/C12H20BrNO/c1-9-4-2-5-10(8-9)14-7-3-6-11(13)12(14)15/h9-11H,2-8H2,1H3. The maximum atomic E-state index is 12.0. The van der Waals surface area contributed by atoms with Crippen molar-refractivity contribution in [3.8, 4) is 0 Å². The molecule has 2 nitrogen and oxygen atoms in total. The molecule has 0 aromatic carbocycles. The average Bonchev–Trinajstić information content (AvgIpc) is 2.22. The highest BCUT2D eigenvalue weighted by molar-refractivity contribution is 9.10. The second-order valence-electron chi connectivity index (χ2n) is 5.07. The van der Waals surface area contributed by atoms with E-state index in [0.717, 1.165) is 25.3 Å². The summed E-state index contributed by atoms with van der Waals surface area (Å²) in [5.74, 6) is 1.13. The minimum absolute atomic E-state index is 0.0866. The average molecular weight is 274 g/mol. The van der Waals surface area contributed by atoms with E-state index in [-0.39, 0.29) is 4.83 Å². The minimum atomic E-state index is 0.0866. The molecular formula is C12H20BrNO. The Balaban J connectivity index is 1.99. The van der Waals surface area contributed by atoms with Crippen LogP contribution >= 0.6 is 15.9 Å². The number of hydrogen-bond acceptors (Lipinski definition) is 1. The van der Waals surface area contributed by atoms with Gasteiger partial charge in [-0.15, -0.1) is 0 Å². The first-order chi connectivity index (χ1) is 7.18. The Labute approximate surface area is 101 Å². The van der Waals surface area contributed by atoms with Gasteiger partial charge in [0.25, 0.3) is 0 Å². The molecule has 2 fully saturated rings. The molecule has 2 rings (SSSR count). The molecule has 0 bridgehead atoms. The molecule has 1 saturated carbocycles. The van der Waals surface area contributed by atoms with Crippen LogP contribution in [-0.2, 0) is 4.79 Å². The van der Waals surface area contributed by atoms with Crippen LogP contribution in [0.25, 0.3) is 0 Å². The molecule has 2 aliphatic rings. The molecule has 0 radical (unpaired) electrons. The molecule has 0 aromatic heterocycles. The van der Waals surface area contributed by atoms with Gasteiger partial charge in [-0.05, 0) is 31.6 Å². The highest BCUT2D eigenvalue weighted by Crippen LogP contribution is 2.30. The van der Waals surface area contributed by atoms with Gasteiger partial charge < -0.3 is 4.90 Å². The van der Waals surface area contributed by atoms with Crippen LogP contribution in [0.3, 0.4) is 0 Å². The van der Waals surface area contributed by atoms with Crippen LogP contribution < -0.4 is 0 Å². The third-order valence-corrected chi connectivity index (χ3v) is 4.61. The van der Waals surface area contributed by atoms with Crippen molar-refractivity contribution < 1.29 is 4.79 Å². The quantitative estimate of drug-likeness (QED) is 0.673. The Morgan fingerprint density at radius 3 is 2.80 bits per heavy atom. The summed E-state index contributed by atoms with van der Waals surface area (Å²) in [5, 5.41) is 0. The van der Waals surface area contributed by atoms with Crippen LogP contribution in [0, 0.1) is 5.92 Å². The number of rotatable bonds is 1. The van der Waals surface area contributed by atoms with E-state index < -0.39 is 0 Å². The molecule has 0 N–H and O–H groups in total. The third-order valence-electron chi connectivity index (χ3n) is 3.76. The number of hydrogen-bond donors (Lipinski definition) is 0. The third kappa shape index (κ3) is 2.55. The lowest BCUT2D eigenvalue weighted by molar-refractivity contribution is -0.135. The van der Waals surface area contributed by atoms with E-state index in [2.05, 4.69) is 27.8 Å². The van der Waals surface area contributed by atoms with E-state index in [0.29, 0.717) is 11.9 Å². The van der Waals surface area contributed by atoms with Gasteiger partial charge in [-0.1, -0.05) is 35.7 Å².